The van der Waals surface area contributed by atoms with E-state index in [4.69, 9.17) is 11.0 Å². The normalized spacial score (nSPS) is 10.9. The van der Waals surface area contributed by atoms with Crippen molar-refractivity contribution in [3.63, 3.8) is 0 Å². The van der Waals surface area contributed by atoms with Gasteiger partial charge in [-0.25, -0.2) is 8.42 Å². The van der Waals surface area contributed by atoms with Crippen molar-refractivity contribution in [2.24, 2.45) is 0 Å². The van der Waals surface area contributed by atoms with Crippen LogP contribution in [-0.2, 0) is 9.84 Å². The van der Waals surface area contributed by atoms with E-state index in [-0.39, 0.29) is 10.6 Å². The van der Waals surface area contributed by atoms with Crippen LogP contribution in [0.15, 0.2) is 41.3 Å². The van der Waals surface area contributed by atoms with E-state index in [1.807, 2.05) is 13.0 Å². The molecule has 0 heterocycles. The van der Waals surface area contributed by atoms with Crippen LogP contribution >= 0.6 is 0 Å². The second kappa shape index (κ2) is 5.46. The molecular formula is C15H15N3O2S. The maximum Gasteiger partial charge on any atom is 0.177 e. The zero-order chi connectivity index (χ0) is 15.6. The van der Waals surface area contributed by atoms with Crippen molar-refractivity contribution in [2.75, 3.05) is 17.3 Å². The minimum Gasteiger partial charge on any atom is -0.396 e. The van der Waals surface area contributed by atoms with Crippen molar-refractivity contribution in [1.82, 2.24) is 0 Å². The van der Waals surface area contributed by atoms with Crippen molar-refractivity contribution in [3.8, 4) is 6.07 Å². The van der Waals surface area contributed by atoms with Crippen LogP contribution in [0, 0.1) is 18.3 Å². The summed E-state index contributed by atoms with van der Waals surface area (Å²) in [6.45, 7) is 1.89. The molecule has 108 valence electrons. The maximum atomic E-state index is 11.7. The third kappa shape index (κ3) is 3.15. The summed E-state index contributed by atoms with van der Waals surface area (Å²) in [7, 11) is -3.39. The lowest BCUT2D eigenvalue weighted by atomic mass is 10.1. The summed E-state index contributed by atoms with van der Waals surface area (Å²) < 4.78 is 23.3. The zero-order valence-electron chi connectivity index (χ0n) is 11.7. The second-order valence-electron chi connectivity index (χ2n) is 4.76. The Labute approximate surface area is 123 Å². The van der Waals surface area contributed by atoms with Gasteiger partial charge < -0.3 is 11.1 Å². The average molecular weight is 301 g/mol. The van der Waals surface area contributed by atoms with Gasteiger partial charge in [0.2, 0.25) is 0 Å². The Morgan fingerprint density at radius 3 is 2.52 bits per heavy atom. The predicted octanol–water partition coefficient (Wildman–Crippen LogP) is 2.60. The van der Waals surface area contributed by atoms with Crippen LogP contribution in [0.3, 0.4) is 0 Å². The van der Waals surface area contributed by atoms with E-state index in [1.165, 1.54) is 6.07 Å². The van der Waals surface area contributed by atoms with Gasteiger partial charge in [0.1, 0.15) is 0 Å². The van der Waals surface area contributed by atoms with E-state index >= 15 is 0 Å². The molecule has 6 heteroatoms. The average Bonchev–Trinajstić information content (AvgIpc) is 2.42. The van der Waals surface area contributed by atoms with Gasteiger partial charge in [-0.1, -0.05) is 12.1 Å². The number of nitrogen functional groups attached to an aromatic ring is 1. The SMILES string of the molecule is Cc1ccc(C#N)cc1Nc1cccc(S(C)(=O)=O)c1N. The topological polar surface area (TPSA) is 96.0 Å². The third-order valence-corrected chi connectivity index (χ3v) is 4.26. The minimum atomic E-state index is -3.39. The second-order valence-corrected chi connectivity index (χ2v) is 6.74. The summed E-state index contributed by atoms with van der Waals surface area (Å²) in [6.07, 6.45) is 1.12. The number of aryl methyl sites for hydroxylation is 1. The molecule has 0 saturated carbocycles. The number of nitriles is 1. The van der Waals surface area contributed by atoms with Crippen molar-refractivity contribution in [3.05, 3.63) is 47.5 Å². The molecule has 2 aromatic carbocycles. The van der Waals surface area contributed by atoms with Gasteiger partial charge in [-0.3, -0.25) is 0 Å². The summed E-state index contributed by atoms with van der Waals surface area (Å²) in [5, 5.41) is 12.0. The van der Waals surface area contributed by atoms with E-state index in [1.54, 1.807) is 24.3 Å². The molecule has 0 atom stereocenters. The van der Waals surface area contributed by atoms with Crippen LogP contribution in [0.4, 0.5) is 17.1 Å². The summed E-state index contributed by atoms with van der Waals surface area (Å²) in [5.74, 6) is 0. The first kappa shape index (κ1) is 14.9. The Hall–Kier alpha value is -2.52. The van der Waals surface area contributed by atoms with Gasteiger partial charge >= 0.3 is 0 Å². The van der Waals surface area contributed by atoms with Gasteiger partial charge in [-0.15, -0.1) is 0 Å². The summed E-state index contributed by atoms with van der Waals surface area (Å²) in [6, 6.07) is 12.1. The molecule has 0 aliphatic rings. The number of nitrogens with zero attached hydrogens (tertiary/aromatic N) is 1. The monoisotopic (exact) mass is 301 g/mol. The molecule has 0 aliphatic carbocycles. The first-order chi connectivity index (χ1) is 9.82. The fraction of sp³-hybridized carbons (Fsp3) is 0.133. The summed E-state index contributed by atoms with van der Waals surface area (Å²) >= 11 is 0. The van der Waals surface area contributed by atoms with E-state index in [9.17, 15) is 8.42 Å². The molecule has 0 fully saturated rings. The fourth-order valence-electron chi connectivity index (χ4n) is 1.95. The molecule has 0 spiro atoms. The molecule has 0 amide bonds. The highest BCUT2D eigenvalue weighted by atomic mass is 32.2. The molecule has 5 nitrogen and oxygen atoms in total. The van der Waals surface area contributed by atoms with Gasteiger partial charge in [-0.2, -0.15) is 5.26 Å². The largest absolute Gasteiger partial charge is 0.396 e. The Balaban J connectivity index is 2.49. The van der Waals surface area contributed by atoms with Gasteiger partial charge in [-0.05, 0) is 36.8 Å². The number of nitrogens with two attached hydrogens (primary N) is 1. The smallest absolute Gasteiger partial charge is 0.177 e. The van der Waals surface area contributed by atoms with Crippen LogP contribution in [0.1, 0.15) is 11.1 Å². The molecule has 0 aliphatic heterocycles. The van der Waals surface area contributed by atoms with E-state index < -0.39 is 9.84 Å². The van der Waals surface area contributed by atoms with Crippen molar-refractivity contribution >= 4 is 26.9 Å². The number of nitrogens with one attached hydrogen (secondary N) is 1. The molecule has 3 N–H and O–H groups in total. The lowest BCUT2D eigenvalue weighted by Gasteiger charge is -2.14. The number of benzene rings is 2. The lowest BCUT2D eigenvalue weighted by Crippen LogP contribution is -2.05. The highest BCUT2D eigenvalue weighted by molar-refractivity contribution is 7.90. The Morgan fingerprint density at radius 1 is 1.19 bits per heavy atom. The maximum absolute atomic E-state index is 11.7. The van der Waals surface area contributed by atoms with E-state index in [2.05, 4.69) is 11.4 Å². The molecule has 2 aromatic rings. The van der Waals surface area contributed by atoms with Crippen LogP contribution in [-0.4, -0.2) is 14.7 Å². The zero-order valence-corrected chi connectivity index (χ0v) is 12.5. The minimum absolute atomic E-state index is 0.0848. The highest BCUT2D eigenvalue weighted by Crippen LogP contribution is 2.30. The standard InChI is InChI=1S/C15H15N3O2S/c1-10-6-7-11(9-16)8-13(10)18-12-4-3-5-14(15(12)17)21(2,19)20/h3-8,18H,17H2,1-2H3. The highest BCUT2D eigenvalue weighted by Gasteiger charge is 2.14. The molecule has 0 aromatic heterocycles. The fourth-order valence-corrected chi connectivity index (χ4v) is 2.78. The van der Waals surface area contributed by atoms with E-state index in [0.717, 1.165) is 11.8 Å². The summed E-state index contributed by atoms with van der Waals surface area (Å²) in [5.41, 5.74) is 8.75. The van der Waals surface area contributed by atoms with Crippen LogP contribution in [0.2, 0.25) is 0 Å². The molecule has 0 bridgehead atoms. The third-order valence-electron chi connectivity index (χ3n) is 3.10. The van der Waals surface area contributed by atoms with Gasteiger partial charge in [0, 0.05) is 11.9 Å². The molecule has 0 unspecified atom stereocenters. The molecule has 2 rings (SSSR count). The van der Waals surface area contributed by atoms with Crippen molar-refractivity contribution in [1.29, 1.82) is 5.26 Å². The first-order valence-electron chi connectivity index (χ1n) is 6.19. The van der Waals surface area contributed by atoms with Gasteiger partial charge in [0.15, 0.2) is 9.84 Å². The number of sulfone groups is 1. The lowest BCUT2D eigenvalue weighted by molar-refractivity contribution is 0.602. The Morgan fingerprint density at radius 2 is 1.90 bits per heavy atom. The number of rotatable bonds is 3. The number of para-hydroxylation sites is 1. The molecule has 0 saturated heterocycles. The summed E-state index contributed by atoms with van der Waals surface area (Å²) in [4.78, 5) is 0.0848. The molecule has 21 heavy (non-hydrogen) atoms. The van der Waals surface area contributed by atoms with Crippen LogP contribution < -0.4 is 11.1 Å². The number of hydrogen-bond donors (Lipinski definition) is 2. The number of anilines is 3. The first-order valence-corrected chi connectivity index (χ1v) is 8.08. The quantitative estimate of drug-likeness (QED) is 0.849. The Bertz CT molecular complexity index is 836. The van der Waals surface area contributed by atoms with E-state index in [0.29, 0.717) is 16.9 Å². The van der Waals surface area contributed by atoms with Gasteiger partial charge in [0.25, 0.3) is 0 Å². The van der Waals surface area contributed by atoms with Crippen molar-refractivity contribution < 1.29 is 8.42 Å². The van der Waals surface area contributed by atoms with Crippen LogP contribution in [0.5, 0.6) is 0 Å². The van der Waals surface area contributed by atoms with Gasteiger partial charge in [0.05, 0.1) is 27.9 Å². The van der Waals surface area contributed by atoms with Crippen molar-refractivity contribution in [2.45, 2.75) is 11.8 Å². The van der Waals surface area contributed by atoms with Crippen LogP contribution in [0.25, 0.3) is 0 Å². The molecular weight excluding hydrogens is 286 g/mol. The Kier molecular flexibility index (Phi) is 3.87. The predicted molar refractivity (Wildman–Crippen MR) is 83.1 cm³/mol. The number of hydrogen-bond acceptors (Lipinski definition) is 5. The molecule has 0 radical (unpaired) electrons.